The van der Waals surface area contributed by atoms with E-state index in [1.807, 2.05) is 13.0 Å². The third-order valence-electron chi connectivity index (χ3n) is 3.26. The van der Waals surface area contributed by atoms with Gasteiger partial charge in [-0.3, -0.25) is 0 Å². The Morgan fingerprint density at radius 1 is 1.54 bits per heavy atom. The Hall–Kier alpha value is -0.340. The predicted octanol–water partition coefficient (Wildman–Crippen LogP) is 1.58. The van der Waals surface area contributed by atoms with E-state index < -0.39 is 0 Å². The Morgan fingerprint density at radius 3 is 2.69 bits per heavy atom. The van der Waals surface area contributed by atoms with E-state index in [0.29, 0.717) is 5.92 Å². The first kappa shape index (κ1) is 10.7. The van der Waals surface area contributed by atoms with Crippen LogP contribution in [-0.4, -0.2) is 22.9 Å². The molecule has 0 aliphatic heterocycles. The molecule has 0 heterocycles. The zero-order chi connectivity index (χ0) is 9.84. The fourth-order valence-corrected chi connectivity index (χ4v) is 2.21. The highest BCUT2D eigenvalue weighted by molar-refractivity contribution is 4.89. The minimum atomic E-state index is -0.251. The molecule has 0 aromatic heterocycles. The van der Waals surface area contributed by atoms with Gasteiger partial charge >= 0.3 is 0 Å². The van der Waals surface area contributed by atoms with Gasteiger partial charge in [0.1, 0.15) is 0 Å². The lowest BCUT2D eigenvalue weighted by molar-refractivity contribution is 0.0125. The molecular weight excluding hydrogens is 164 g/mol. The van der Waals surface area contributed by atoms with Gasteiger partial charge in [0.15, 0.2) is 0 Å². The second kappa shape index (κ2) is 4.77. The molecule has 76 valence electrons. The summed E-state index contributed by atoms with van der Waals surface area (Å²) in [5.41, 5.74) is 0. The molecule has 2 nitrogen and oxygen atoms in total. The molecule has 0 aromatic carbocycles. The molecular formula is C11H20O2. The van der Waals surface area contributed by atoms with Crippen molar-refractivity contribution < 1.29 is 10.2 Å². The van der Waals surface area contributed by atoms with Crippen molar-refractivity contribution in [1.29, 1.82) is 0 Å². The van der Waals surface area contributed by atoms with Crippen LogP contribution >= 0.6 is 0 Å². The maximum Gasteiger partial charge on any atom is 0.0577 e. The molecule has 1 fully saturated rings. The van der Waals surface area contributed by atoms with Crippen molar-refractivity contribution in [1.82, 2.24) is 0 Å². The van der Waals surface area contributed by atoms with Crippen LogP contribution in [0.4, 0.5) is 0 Å². The summed E-state index contributed by atoms with van der Waals surface area (Å²) in [5, 5.41) is 18.8. The van der Waals surface area contributed by atoms with Gasteiger partial charge in [0.2, 0.25) is 0 Å². The molecule has 1 aliphatic rings. The van der Waals surface area contributed by atoms with E-state index in [0.717, 1.165) is 19.3 Å². The fourth-order valence-electron chi connectivity index (χ4n) is 2.21. The fraction of sp³-hybridized carbons (Fsp3) is 0.818. The Labute approximate surface area is 80.3 Å². The molecule has 0 spiro atoms. The van der Waals surface area contributed by atoms with Crippen molar-refractivity contribution in [2.45, 2.75) is 32.3 Å². The summed E-state index contributed by atoms with van der Waals surface area (Å²) < 4.78 is 0. The number of hydrogen-bond donors (Lipinski definition) is 2. The van der Waals surface area contributed by atoms with Crippen molar-refractivity contribution in [3.63, 3.8) is 0 Å². The molecule has 2 N–H and O–H groups in total. The highest BCUT2D eigenvalue weighted by atomic mass is 16.3. The van der Waals surface area contributed by atoms with Crippen molar-refractivity contribution in [2.24, 2.45) is 17.8 Å². The van der Waals surface area contributed by atoms with Crippen molar-refractivity contribution in [3.8, 4) is 0 Å². The van der Waals surface area contributed by atoms with Gasteiger partial charge < -0.3 is 10.2 Å². The van der Waals surface area contributed by atoms with E-state index in [-0.39, 0.29) is 24.5 Å². The van der Waals surface area contributed by atoms with Crippen molar-refractivity contribution in [3.05, 3.63) is 12.7 Å². The van der Waals surface area contributed by atoms with E-state index in [9.17, 15) is 5.11 Å². The molecule has 4 unspecified atom stereocenters. The minimum absolute atomic E-state index is 0.181. The van der Waals surface area contributed by atoms with Gasteiger partial charge in [-0.2, -0.15) is 0 Å². The third kappa shape index (κ3) is 2.55. The molecule has 0 saturated heterocycles. The lowest BCUT2D eigenvalue weighted by Gasteiger charge is -2.34. The van der Waals surface area contributed by atoms with E-state index in [1.54, 1.807) is 0 Å². The van der Waals surface area contributed by atoms with Gasteiger partial charge in [0.05, 0.1) is 6.10 Å². The van der Waals surface area contributed by atoms with E-state index in [1.165, 1.54) is 0 Å². The van der Waals surface area contributed by atoms with Gasteiger partial charge in [-0.05, 0) is 37.0 Å². The Balaban J connectivity index is 2.47. The maximum absolute atomic E-state index is 9.81. The van der Waals surface area contributed by atoms with Gasteiger partial charge in [-0.25, -0.2) is 0 Å². The van der Waals surface area contributed by atoms with Crippen molar-refractivity contribution in [2.75, 3.05) is 6.61 Å². The largest absolute Gasteiger partial charge is 0.396 e. The monoisotopic (exact) mass is 184 g/mol. The van der Waals surface area contributed by atoms with Gasteiger partial charge in [-0.15, -0.1) is 6.58 Å². The molecule has 13 heavy (non-hydrogen) atoms. The quantitative estimate of drug-likeness (QED) is 0.654. The highest BCUT2D eigenvalue weighted by Gasteiger charge is 2.30. The first-order valence-electron chi connectivity index (χ1n) is 5.10. The number of hydrogen-bond acceptors (Lipinski definition) is 2. The zero-order valence-electron chi connectivity index (χ0n) is 8.32. The summed E-state index contributed by atoms with van der Waals surface area (Å²) >= 11 is 0. The van der Waals surface area contributed by atoms with E-state index >= 15 is 0 Å². The average Bonchev–Trinajstić information content (AvgIpc) is 2.16. The van der Waals surface area contributed by atoms with Crippen LogP contribution in [0.3, 0.4) is 0 Å². The SMILES string of the molecule is C=CC1CCC(C(C)CO)C(O)C1. The molecule has 1 saturated carbocycles. The standard InChI is InChI=1S/C11H20O2/c1-3-9-4-5-10(8(2)7-12)11(13)6-9/h3,8-13H,1,4-7H2,2H3. The summed E-state index contributed by atoms with van der Waals surface area (Å²) in [6, 6.07) is 0. The highest BCUT2D eigenvalue weighted by Crippen LogP contribution is 2.33. The second-order valence-electron chi connectivity index (χ2n) is 4.20. The number of aliphatic hydroxyl groups is 2. The Kier molecular flexibility index (Phi) is 3.94. The summed E-state index contributed by atoms with van der Waals surface area (Å²) in [4.78, 5) is 0. The zero-order valence-corrected chi connectivity index (χ0v) is 8.32. The average molecular weight is 184 g/mol. The summed E-state index contributed by atoms with van der Waals surface area (Å²) in [5.74, 6) is 0.971. The van der Waals surface area contributed by atoms with Gasteiger partial charge in [-0.1, -0.05) is 13.0 Å². The number of aliphatic hydroxyl groups excluding tert-OH is 2. The smallest absolute Gasteiger partial charge is 0.0577 e. The molecule has 0 aromatic rings. The third-order valence-corrected chi connectivity index (χ3v) is 3.26. The van der Waals surface area contributed by atoms with Crippen LogP contribution in [0.25, 0.3) is 0 Å². The van der Waals surface area contributed by atoms with Crippen LogP contribution in [-0.2, 0) is 0 Å². The van der Waals surface area contributed by atoms with Crippen LogP contribution in [0.1, 0.15) is 26.2 Å². The Morgan fingerprint density at radius 2 is 2.23 bits per heavy atom. The topological polar surface area (TPSA) is 40.5 Å². The predicted molar refractivity (Wildman–Crippen MR) is 53.3 cm³/mol. The molecule has 0 bridgehead atoms. The number of rotatable bonds is 3. The van der Waals surface area contributed by atoms with Crippen LogP contribution < -0.4 is 0 Å². The molecule has 2 heteroatoms. The molecule has 0 radical (unpaired) electrons. The van der Waals surface area contributed by atoms with E-state index in [2.05, 4.69) is 6.58 Å². The molecule has 0 amide bonds. The van der Waals surface area contributed by atoms with Crippen LogP contribution in [0, 0.1) is 17.8 Å². The molecule has 1 aliphatic carbocycles. The van der Waals surface area contributed by atoms with Crippen LogP contribution in [0.5, 0.6) is 0 Å². The Bertz CT molecular complexity index is 167. The summed E-state index contributed by atoms with van der Waals surface area (Å²) in [6.07, 6.45) is 4.62. The summed E-state index contributed by atoms with van der Waals surface area (Å²) in [7, 11) is 0. The maximum atomic E-state index is 9.81. The first-order valence-corrected chi connectivity index (χ1v) is 5.10. The summed E-state index contributed by atoms with van der Waals surface area (Å²) in [6.45, 7) is 5.93. The lowest BCUT2D eigenvalue weighted by atomic mass is 9.74. The van der Waals surface area contributed by atoms with Crippen molar-refractivity contribution >= 4 is 0 Å². The second-order valence-corrected chi connectivity index (χ2v) is 4.20. The lowest BCUT2D eigenvalue weighted by Crippen LogP contribution is -2.34. The van der Waals surface area contributed by atoms with Gasteiger partial charge in [0, 0.05) is 6.61 Å². The first-order chi connectivity index (χ1) is 6.19. The van der Waals surface area contributed by atoms with E-state index in [4.69, 9.17) is 5.11 Å². The van der Waals surface area contributed by atoms with Gasteiger partial charge in [0.25, 0.3) is 0 Å². The van der Waals surface area contributed by atoms with Crippen LogP contribution in [0.15, 0.2) is 12.7 Å². The minimum Gasteiger partial charge on any atom is -0.396 e. The number of allylic oxidation sites excluding steroid dienone is 1. The van der Waals surface area contributed by atoms with Crippen LogP contribution in [0.2, 0.25) is 0 Å². The normalized spacial score (nSPS) is 37.0. The molecule has 4 atom stereocenters. The molecule has 1 rings (SSSR count).